The normalized spacial score (nSPS) is 11.8. The molecule has 0 amide bonds. The summed E-state index contributed by atoms with van der Waals surface area (Å²) in [6.07, 6.45) is 38.3. The fourth-order valence-corrected chi connectivity index (χ4v) is 6.32. The first-order valence-corrected chi connectivity index (χ1v) is 21.5. The lowest BCUT2D eigenvalue weighted by atomic mass is 10.0. The molecular formula is C43H82O6. The Morgan fingerprint density at radius 3 is 0.816 bits per heavy atom. The van der Waals surface area contributed by atoms with E-state index in [0.717, 1.165) is 57.8 Å². The van der Waals surface area contributed by atoms with Crippen LogP contribution in [0.15, 0.2) is 0 Å². The largest absolute Gasteiger partial charge is 0.462 e. The molecule has 0 heterocycles. The lowest BCUT2D eigenvalue weighted by Gasteiger charge is -2.18. The average molecular weight is 695 g/mol. The molecule has 0 bridgehead atoms. The van der Waals surface area contributed by atoms with Crippen molar-refractivity contribution in [2.24, 2.45) is 0 Å². The predicted octanol–water partition coefficient (Wildman–Crippen LogP) is 13.3. The summed E-state index contributed by atoms with van der Waals surface area (Å²) in [6.45, 7) is 6.56. The highest BCUT2D eigenvalue weighted by Gasteiger charge is 2.19. The first-order valence-electron chi connectivity index (χ1n) is 21.5. The lowest BCUT2D eigenvalue weighted by molar-refractivity contribution is -0.167. The maximum absolute atomic E-state index is 12.6. The molecule has 0 aromatic rings. The van der Waals surface area contributed by atoms with E-state index in [9.17, 15) is 14.4 Å². The number of hydrogen-bond donors (Lipinski definition) is 0. The maximum atomic E-state index is 12.6. The van der Waals surface area contributed by atoms with E-state index in [1.165, 1.54) is 141 Å². The van der Waals surface area contributed by atoms with Crippen LogP contribution in [0, 0.1) is 0 Å². The van der Waals surface area contributed by atoms with E-state index in [1.54, 1.807) is 0 Å². The summed E-state index contributed by atoms with van der Waals surface area (Å²) in [5, 5.41) is 0. The van der Waals surface area contributed by atoms with Crippen LogP contribution in [-0.2, 0) is 28.6 Å². The van der Waals surface area contributed by atoms with Crippen LogP contribution in [0.25, 0.3) is 0 Å². The Morgan fingerprint density at radius 1 is 0.327 bits per heavy atom. The third-order valence-electron chi connectivity index (χ3n) is 9.61. The number of ether oxygens (including phenoxy) is 3. The Hall–Kier alpha value is -1.59. The Labute approximate surface area is 304 Å². The smallest absolute Gasteiger partial charge is 0.306 e. The molecule has 0 aliphatic carbocycles. The Bertz CT molecular complexity index is 723. The van der Waals surface area contributed by atoms with Gasteiger partial charge in [0.1, 0.15) is 13.2 Å². The minimum absolute atomic E-state index is 0.0642. The summed E-state index contributed by atoms with van der Waals surface area (Å²) in [5.41, 5.74) is 0. The van der Waals surface area contributed by atoms with Crippen molar-refractivity contribution >= 4 is 17.9 Å². The van der Waals surface area contributed by atoms with Crippen molar-refractivity contribution in [3.63, 3.8) is 0 Å². The van der Waals surface area contributed by atoms with E-state index in [-0.39, 0.29) is 31.1 Å². The van der Waals surface area contributed by atoms with Gasteiger partial charge in [-0.25, -0.2) is 0 Å². The highest BCUT2D eigenvalue weighted by atomic mass is 16.6. The fourth-order valence-electron chi connectivity index (χ4n) is 6.32. The quantitative estimate of drug-likeness (QED) is 0.0362. The topological polar surface area (TPSA) is 78.9 Å². The Kier molecular flexibility index (Phi) is 37.9. The third kappa shape index (κ3) is 37.5. The minimum Gasteiger partial charge on any atom is -0.462 e. The van der Waals surface area contributed by atoms with Crippen LogP contribution in [0.2, 0.25) is 0 Å². The van der Waals surface area contributed by atoms with Gasteiger partial charge in [-0.15, -0.1) is 0 Å². The van der Waals surface area contributed by atoms with E-state index >= 15 is 0 Å². The fraction of sp³-hybridized carbons (Fsp3) is 0.930. The lowest BCUT2D eigenvalue weighted by Crippen LogP contribution is -2.30. The second kappa shape index (κ2) is 39.2. The second-order valence-electron chi connectivity index (χ2n) is 14.6. The number of rotatable bonds is 39. The van der Waals surface area contributed by atoms with Crippen molar-refractivity contribution in [2.75, 3.05) is 13.2 Å². The van der Waals surface area contributed by atoms with Gasteiger partial charge in [-0.05, 0) is 19.3 Å². The molecule has 0 aromatic heterocycles. The number of carbonyl (C=O) groups excluding carboxylic acids is 3. The monoisotopic (exact) mass is 695 g/mol. The average Bonchev–Trinajstić information content (AvgIpc) is 3.10. The van der Waals surface area contributed by atoms with Gasteiger partial charge in [-0.3, -0.25) is 14.4 Å². The SMILES string of the molecule is CCCCCCCCCCCCCCCCCCCC(=O)OCC(COC(=O)CCCCCCCC)OC(=O)CCCCCCCCCC. The summed E-state index contributed by atoms with van der Waals surface area (Å²) in [6, 6.07) is 0. The molecule has 290 valence electrons. The van der Waals surface area contributed by atoms with Crippen LogP contribution in [0.4, 0.5) is 0 Å². The molecule has 0 saturated heterocycles. The molecule has 0 fully saturated rings. The van der Waals surface area contributed by atoms with E-state index in [4.69, 9.17) is 14.2 Å². The number of hydrogen-bond acceptors (Lipinski definition) is 6. The van der Waals surface area contributed by atoms with Gasteiger partial charge in [0.05, 0.1) is 0 Å². The van der Waals surface area contributed by atoms with Gasteiger partial charge < -0.3 is 14.2 Å². The first kappa shape index (κ1) is 47.4. The molecule has 6 nitrogen and oxygen atoms in total. The number of esters is 3. The van der Waals surface area contributed by atoms with Crippen molar-refractivity contribution in [1.82, 2.24) is 0 Å². The van der Waals surface area contributed by atoms with Crippen molar-refractivity contribution in [3.05, 3.63) is 0 Å². The summed E-state index contributed by atoms with van der Waals surface area (Å²) in [5.74, 6) is -0.870. The molecule has 0 aliphatic rings. The van der Waals surface area contributed by atoms with Gasteiger partial charge in [-0.1, -0.05) is 201 Å². The highest BCUT2D eigenvalue weighted by Crippen LogP contribution is 2.15. The van der Waals surface area contributed by atoms with Crippen LogP contribution >= 0.6 is 0 Å². The molecule has 1 atom stereocenters. The third-order valence-corrected chi connectivity index (χ3v) is 9.61. The van der Waals surface area contributed by atoms with Crippen molar-refractivity contribution < 1.29 is 28.6 Å². The number of unbranched alkanes of at least 4 members (excludes halogenated alkanes) is 28. The molecule has 0 aliphatic heterocycles. The van der Waals surface area contributed by atoms with E-state index in [0.29, 0.717) is 19.3 Å². The van der Waals surface area contributed by atoms with Gasteiger partial charge >= 0.3 is 17.9 Å². The molecule has 0 saturated carbocycles. The Morgan fingerprint density at radius 2 is 0.551 bits per heavy atom. The summed E-state index contributed by atoms with van der Waals surface area (Å²) in [4.78, 5) is 37.3. The van der Waals surface area contributed by atoms with Gasteiger partial charge in [0.15, 0.2) is 6.10 Å². The maximum Gasteiger partial charge on any atom is 0.306 e. The van der Waals surface area contributed by atoms with Crippen molar-refractivity contribution in [1.29, 1.82) is 0 Å². The van der Waals surface area contributed by atoms with Crippen molar-refractivity contribution in [3.8, 4) is 0 Å². The molecule has 0 N–H and O–H groups in total. The van der Waals surface area contributed by atoms with Gasteiger partial charge in [0.2, 0.25) is 0 Å². The molecule has 0 spiro atoms. The van der Waals surface area contributed by atoms with Crippen molar-refractivity contribution in [2.45, 2.75) is 245 Å². The van der Waals surface area contributed by atoms with E-state index in [2.05, 4.69) is 20.8 Å². The van der Waals surface area contributed by atoms with Crippen LogP contribution in [0.5, 0.6) is 0 Å². The first-order chi connectivity index (χ1) is 24.0. The summed E-state index contributed by atoms with van der Waals surface area (Å²) in [7, 11) is 0. The zero-order valence-electron chi connectivity index (χ0n) is 33.0. The van der Waals surface area contributed by atoms with Crippen LogP contribution in [-0.4, -0.2) is 37.2 Å². The molecule has 0 rings (SSSR count). The molecule has 6 heteroatoms. The number of carbonyl (C=O) groups is 3. The predicted molar refractivity (Wildman–Crippen MR) is 206 cm³/mol. The summed E-state index contributed by atoms with van der Waals surface area (Å²) < 4.78 is 16.6. The zero-order valence-corrected chi connectivity index (χ0v) is 33.0. The van der Waals surface area contributed by atoms with Crippen LogP contribution < -0.4 is 0 Å². The second-order valence-corrected chi connectivity index (χ2v) is 14.6. The minimum atomic E-state index is -0.755. The standard InChI is InChI=1S/C43H82O6/c1-4-7-10-13-16-18-19-20-21-22-23-24-25-26-28-30-33-36-42(45)48-39-40(38-47-41(44)35-32-29-15-12-9-6-3)49-43(46)37-34-31-27-17-14-11-8-5-2/h40H,4-39H2,1-3H3. The molecule has 1 unspecified atom stereocenters. The van der Waals surface area contributed by atoms with Gasteiger partial charge in [0.25, 0.3) is 0 Å². The van der Waals surface area contributed by atoms with E-state index < -0.39 is 6.10 Å². The highest BCUT2D eigenvalue weighted by molar-refractivity contribution is 5.71. The van der Waals surface area contributed by atoms with Crippen LogP contribution in [0.1, 0.15) is 239 Å². The molecular weight excluding hydrogens is 612 g/mol. The molecule has 49 heavy (non-hydrogen) atoms. The summed E-state index contributed by atoms with van der Waals surface area (Å²) >= 11 is 0. The molecule has 0 aromatic carbocycles. The van der Waals surface area contributed by atoms with Gasteiger partial charge in [0, 0.05) is 19.3 Å². The van der Waals surface area contributed by atoms with Gasteiger partial charge in [-0.2, -0.15) is 0 Å². The zero-order chi connectivity index (χ0) is 35.9. The molecule has 0 radical (unpaired) electrons. The van der Waals surface area contributed by atoms with Crippen LogP contribution in [0.3, 0.4) is 0 Å². The Balaban J connectivity index is 4.13. The van der Waals surface area contributed by atoms with E-state index in [1.807, 2.05) is 0 Å².